The minimum absolute atomic E-state index is 0.0249. The number of ether oxygens (including phenoxy) is 2. The highest BCUT2D eigenvalue weighted by atomic mass is 35.5. The Morgan fingerprint density at radius 3 is 2.57 bits per heavy atom. The molecule has 2 aromatic heterocycles. The van der Waals surface area contributed by atoms with Crippen molar-refractivity contribution in [3.63, 3.8) is 0 Å². The van der Waals surface area contributed by atoms with Crippen LogP contribution in [0.5, 0.6) is 17.2 Å². The summed E-state index contributed by atoms with van der Waals surface area (Å²) < 4.78 is 50.7. The molecule has 0 fully saturated rings. The lowest BCUT2D eigenvalue weighted by molar-refractivity contribution is -0.142. The highest BCUT2D eigenvalue weighted by Gasteiger charge is 2.39. The molecule has 146 valence electrons. The molecule has 0 aliphatic rings. The van der Waals surface area contributed by atoms with Gasteiger partial charge in [0.25, 0.3) is 5.56 Å². The maximum atomic E-state index is 13.5. The molecule has 0 saturated heterocycles. The van der Waals surface area contributed by atoms with E-state index in [-0.39, 0.29) is 27.2 Å². The number of hydrogen-bond donors (Lipinski definition) is 1. The van der Waals surface area contributed by atoms with Crippen LogP contribution < -0.4 is 15.0 Å². The van der Waals surface area contributed by atoms with Crippen LogP contribution in [0.1, 0.15) is 5.69 Å². The summed E-state index contributed by atoms with van der Waals surface area (Å²) in [5.41, 5.74) is -2.84. The monoisotopic (exact) mass is 432 g/mol. The van der Waals surface area contributed by atoms with E-state index in [1.165, 1.54) is 31.5 Å². The maximum Gasteiger partial charge on any atom is 0.437 e. The lowest BCUT2D eigenvalue weighted by Gasteiger charge is -2.14. The van der Waals surface area contributed by atoms with Crippen molar-refractivity contribution in [2.45, 2.75) is 6.18 Å². The number of halogens is 5. The average Bonchev–Trinajstić information content (AvgIpc) is 2.65. The standard InChI is InChI=1S/C16H9Cl2F3N4O3/c1-27-10-5-22-6-23-11(10)14-24-13(16(19,20)21)12(15(26)25-14)28-7-2-3-8(17)9(18)4-7/h2-6H,1H3,(H,24,25,26). The molecule has 1 N–H and O–H groups in total. The summed E-state index contributed by atoms with van der Waals surface area (Å²) in [6.07, 6.45) is -2.70. The fraction of sp³-hybridized carbons (Fsp3) is 0.125. The van der Waals surface area contributed by atoms with Gasteiger partial charge in [-0.2, -0.15) is 13.2 Å². The van der Waals surface area contributed by atoms with Crippen molar-refractivity contribution in [1.82, 2.24) is 19.9 Å². The minimum Gasteiger partial charge on any atom is -0.493 e. The quantitative estimate of drug-likeness (QED) is 0.658. The Balaban J connectivity index is 2.16. The van der Waals surface area contributed by atoms with Crippen molar-refractivity contribution in [3.05, 3.63) is 56.8 Å². The Kier molecular flexibility index (Phi) is 5.43. The molecular weight excluding hydrogens is 424 g/mol. The van der Waals surface area contributed by atoms with E-state index in [0.29, 0.717) is 0 Å². The van der Waals surface area contributed by atoms with Crippen LogP contribution >= 0.6 is 23.2 Å². The summed E-state index contributed by atoms with van der Waals surface area (Å²) in [7, 11) is 1.27. The predicted molar refractivity (Wildman–Crippen MR) is 94.0 cm³/mol. The van der Waals surface area contributed by atoms with Crippen molar-refractivity contribution in [2.75, 3.05) is 7.11 Å². The SMILES string of the molecule is COc1cncnc1-c1nc(C(F)(F)F)c(Oc2ccc(Cl)c(Cl)c2)c(=O)[nH]1. The first-order chi connectivity index (χ1) is 13.2. The number of aromatic amines is 1. The van der Waals surface area contributed by atoms with Crippen molar-refractivity contribution in [1.29, 1.82) is 0 Å². The topological polar surface area (TPSA) is 90.0 Å². The highest BCUT2D eigenvalue weighted by Crippen LogP contribution is 2.37. The van der Waals surface area contributed by atoms with Crippen LogP contribution in [0.15, 0.2) is 35.5 Å². The third-order valence-corrected chi connectivity index (χ3v) is 4.12. The molecular formula is C16H9Cl2F3N4O3. The number of methoxy groups -OCH3 is 1. The highest BCUT2D eigenvalue weighted by molar-refractivity contribution is 6.42. The van der Waals surface area contributed by atoms with Crippen molar-refractivity contribution in [2.24, 2.45) is 0 Å². The second-order valence-electron chi connectivity index (χ2n) is 5.21. The molecule has 7 nitrogen and oxygen atoms in total. The molecule has 0 atom stereocenters. The molecule has 0 unspecified atom stereocenters. The van der Waals surface area contributed by atoms with Gasteiger partial charge >= 0.3 is 6.18 Å². The summed E-state index contributed by atoms with van der Waals surface area (Å²) in [4.78, 5) is 25.6. The first-order valence-electron chi connectivity index (χ1n) is 7.39. The predicted octanol–water partition coefficient (Wildman–Crippen LogP) is 4.35. The number of benzene rings is 1. The molecule has 0 aliphatic heterocycles. The lowest BCUT2D eigenvalue weighted by Crippen LogP contribution is -2.21. The number of nitrogens with zero attached hydrogens (tertiary/aromatic N) is 3. The number of aromatic nitrogens is 4. The summed E-state index contributed by atoms with van der Waals surface area (Å²) >= 11 is 11.6. The zero-order valence-corrected chi connectivity index (χ0v) is 15.4. The second-order valence-corrected chi connectivity index (χ2v) is 6.02. The van der Waals surface area contributed by atoms with Gasteiger partial charge < -0.3 is 14.5 Å². The molecule has 3 aromatic rings. The summed E-state index contributed by atoms with van der Waals surface area (Å²) in [5, 5.41) is 0.211. The normalized spacial score (nSPS) is 11.4. The van der Waals surface area contributed by atoms with E-state index in [9.17, 15) is 18.0 Å². The van der Waals surface area contributed by atoms with E-state index >= 15 is 0 Å². The number of H-pyrrole nitrogens is 1. The van der Waals surface area contributed by atoms with Gasteiger partial charge in [0.2, 0.25) is 5.75 Å². The van der Waals surface area contributed by atoms with Gasteiger partial charge in [0.05, 0.1) is 23.4 Å². The first kappa shape index (κ1) is 19.9. The Morgan fingerprint density at radius 2 is 1.93 bits per heavy atom. The van der Waals surface area contributed by atoms with Crippen molar-refractivity contribution < 1.29 is 22.6 Å². The molecule has 12 heteroatoms. The van der Waals surface area contributed by atoms with Gasteiger partial charge in [0, 0.05) is 6.07 Å². The van der Waals surface area contributed by atoms with Gasteiger partial charge in [0.1, 0.15) is 12.1 Å². The molecule has 0 bridgehead atoms. The van der Waals surface area contributed by atoms with Gasteiger partial charge in [0.15, 0.2) is 23.0 Å². The average molecular weight is 433 g/mol. The van der Waals surface area contributed by atoms with Crippen LogP contribution in [0.25, 0.3) is 11.5 Å². The van der Waals surface area contributed by atoms with Gasteiger partial charge in [-0.25, -0.2) is 15.0 Å². The van der Waals surface area contributed by atoms with E-state index < -0.39 is 29.0 Å². The van der Waals surface area contributed by atoms with Crippen LogP contribution in [0.2, 0.25) is 10.0 Å². The fourth-order valence-electron chi connectivity index (χ4n) is 2.16. The lowest BCUT2D eigenvalue weighted by atomic mass is 10.3. The van der Waals surface area contributed by atoms with Gasteiger partial charge in [-0.1, -0.05) is 23.2 Å². The van der Waals surface area contributed by atoms with Crippen LogP contribution in [-0.2, 0) is 6.18 Å². The minimum atomic E-state index is -4.99. The second kappa shape index (κ2) is 7.64. The van der Waals surface area contributed by atoms with Crippen LogP contribution in [-0.4, -0.2) is 27.0 Å². The van der Waals surface area contributed by atoms with E-state index in [2.05, 4.69) is 19.9 Å². The third-order valence-electron chi connectivity index (χ3n) is 3.38. The molecule has 0 amide bonds. The molecule has 1 aromatic carbocycles. The van der Waals surface area contributed by atoms with E-state index in [0.717, 1.165) is 6.33 Å². The Hall–Kier alpha value is -2.85. The number of nitrogens with one attached hydrogen (secondary N) is 1. The number of rotatable bonds is 4. The molecule has 28 heavy (non-hydrogen) atoms. The Labute approximate surface area is 165 Å². The molecule has 2 heterocycles. The van der Waals surface area contributed by atoms with E-state index in [1.807, 2.05) is 0 Å². The third kappa shape index (κ3) is 4.02. The smallest absolute Gasteiger partial charge is 0.437 e. The maximum absolute atomic E-state index is 13.5. The molecule has 0 radical (unpaired) electrons. The summed E-state index contributed by atoms with van der Waals surface area (Å²) in [6.45, 7) is 0. The van der Waals surface area contributed by atoms with E-state index in [1.54, 1.807) is 0 Å². The number of alkyl halides is 3. The van der Waals surface area contributed by atoms with Crippen molar-refractivity contribution >= 4 is 23.2 Å². The van der Waals surface area contributed by atoms with Crippen LogP contribution in [0.4, 0.5) is 13.2 Å². The first-order valence-corrected chi connectivity index (χ1v) is 8.15. The largest absolute Gasteiger partial charge is 0.493 e. The Morgan fingerprint density at radius 1 is 1.18 bits per heavy atom. The van der Waals surface area contributed by atoms with Gasteiger partial charge in [-0.3, -0.25) is 4.79 Å². The molecule has 0 aliphatic carbocycles. The fourth-order valence-corrected chi connectivity index (χ4v) is 2.45. The number of hydrogen-bond acceptors (Lipinski definition) is 6. The van der Waals surface area contributed by atoms with E-state index in [4.69, 9.17) is 32.7 Å². The summed E-state index contributed by atoms with van der Waals surface area (Å²) in [6, 6.07) is 3.74. The zero-order valence-electron chi connectivity index (χ0n) is 13.8. The van der Waals surface area contributed by atoms with Gasteiger partial charge in [-0.15, -0.1) is 0 Å². The molecule has 3 rings (SSSR count). The zero-order chi connectivity index (χ0) is 20.5. The Bertz CT molecular complexity index is 1090. The molecule has 0 spiro atoms. The van der Waals surface area contributed by atoms with Gasteiger partial charge in [-0.05, 0) is 12.1 Å². The van der Waals surface area contributed by atoms with Crippen LogP contribution in [0.3, 0.4) is 0 Å². The summed E-state index contributed by atoms with van der Waals surface area (Å²) in [5.74, 6) is -1.61. The molecule has 0 saturated carbocycles. The van der Waals surface area contributed by atoms with Crippen LogP contribution in [0, 0.1) is 0 Å². The van der Waals surface area contributed by atoms with Crippen molar-refractivity contribution in [3.8, 4) is 28.8 Å².